The van der Waals surface area contributed by atoms with Crippen molar-refractivity contribution in [2.24, 2.45) is 0 Å². The average molecular weight is 196 g/mol. The third-order valence-corrected chi connectivity index (χ3v) is 1.49. The van der Waals surface area contributed by atoms with Gasteiger partial charge < -0.3 is 4.74 Å². The number of ether oxygens (including phenoxy) is 1. The molecule has 0 radical (unpaired) electrons. The number of carbonyl (C=O) groups excluding carboxylic acids is 1. The van der Waals surface area contributed by atoms with Crippen LogP contribution in [0.4, 0.5) is 0 Å². The van der Waals surface area contributed by atoms with E-state index in [0.29, 0.717) is 11.3 Å². The topological polar surface area (TPSA) is 55.0 Å². The lowest BCUT2D eigenvalue weighted by Gasteiger charge is -1.93. The molecule has 0 spiro atoms. The Kier molecular flexibility index (Phi) is 3.41. The molecule has 0 aliphatic carbocycles. The second-order valence-corrected chi connectivity index (χ2v) is 2.43. The molecule has 0 atom stereocenters. The monoisotopic (exact) mass is 196 g/mol. The molecule has 4 nitrogen and oxygen atoms in total. The van der Waals surface area contributed by atoms with E-state index < -0.39 is 5.97 Å². The predicted octanol–water partition coefficient (Wildman–Crippen LogP) is 0.478. The highest BCUT2D eigenvalue weighted by Gasteiger charge is 2.11. The van der Waals surface area contributed by atoms with Gasteiger partial charge in [0.15, 0.2) is 5.69 Å². The van der Waals surface area contributed by atoms with Crippen LogP contribution in [-0.4, -0.2) is 29.0 Å². The van der Waals surface area contributed by atoms with Gasteiger partial charge in [-0.25, -0.2) is 4.79 Å². The van der Waals surface area contributed by atoms with Gasteiger partial charge in [-0.3, -0.25) is 5.10 Å². The van der Waals surface area contributed by atoms with Gasteiger partial charge in [-0.2, -0.15) is 17.7 Å². The Morgan fingerprint density at radius 3 is 3.23 bits per heavy atom. The molecule has 0 saturated heterocycles. The van der Waals surface area contributed by atoms with Crippen molar-refractivity contribution in [3.05, 3.63) is 17.5 Å². The molecule has 0 amide bonds. The van der Waals surface area contributed by atoms with Crippen molar-refractivity contribution in [1.29, 1.82) is 0 Å². The number of nitrogens with one attached hydrogen (secondary N) is 1. The highest BCUT2D eigenvalue weighted by atomic mass is 32.1. The van der Waals surface area contributed by atoms with Crippen molar-refractivity contribution in [3.63, 3.8) is 0 Å². The smallest absolute Gasteiger partial charge is 0.357 e. The van der Waals surface area contributed by atoms with Gasteiger partial charge in [0.2, 0.25) is 0 Å². The van der Waals surface area contributed by atoms with E-state index in [2.05, 4.69) is 39.4 Å². The molecule has 1 aromatic rings. The van der Waals surface area contributed by atoms with Crippen molar-refractivity contribution < 1.29 is 9.53 Å². The second-order valence-electron chi connectivity index (χ2n) is 2.11. The summed E-state index contributed by atoms with van der Waals surface area (Å²) in [6, 6.07) is 0. The molecule has 68 valence electrons. The quantitative estimate of drug-likeness (QED) is 0.390. The minimum atomic E-state index is -0.471. The van der Waals surface area contributed by atoms with E-state index >= 15 is 0 Å². The second kappa shape index (κ2) is 4.58. The summed E-state index contributed by atoms with van der Waals surface area (Å²) in [4.78, 5) is 11.1. The largest absolute Gasteiger partial charge is 0.464 e. The fraction of sp³-hybridized carbons (Fsp3) is 0.250. The van der Waals surface area contributed by atoms with Gasteiger partial charge >= 0.3 is 5.97 Å². The lowest BCUT2D eigenvalue weighted by atomic mass is 10.2. The molecule has 5 heteroatoms. The molecule has 1 aromatic heterocycles. The van der Waals surface area contributed by atoms with Crippen LogP contribution in [0.3, 0.4) is 0 Å². The van der Waals surface area contributed by atoms with Gasteiger partial charge in [-0.1, -0.05) is 11.8 Å². The van der Waals surface area contributed by atoms with Crippen LogP contribution in [-0.2, 0) is 4.74 Å². The zero-order valence-electron chi connectivity index (χ0n) is 7.00. The number of aromatic nitrogens is 2. The fourth-order valence-electron chi connectivity index (χ4n) is 0.773. The minimum Gasteiger partial charge on any atom is -0.464 e. The molecule has 0 aliphatic rings. The summed E-state index contributed by atoms with van der Waals surface area (Å²) in [6.45, 7) is 0. The Labute approximate surface area is 81.1 Å². The normalized spacial score (nSPS) is 8.77. The van der Waals surface area contributed by atoms with E-state index in [9.17, 15) is 4.79 Å². The third kappa shape index (κ3) is 2.26. The van der Waals surface area contributed by atoms with Crippen LogP contribution in [0, 0.1) is 11.8 Å². The van der Waals surface area contributed by atoms with Gasteiger partial charge in [-0.15, -0.1) is 0 Å². The summed E-state index contributed by atoms with van der Waals surface area (Å²) in [5.74, 6) is 5.42. The van der Waals surface area contributed by atoms with Crippen molar-refractivity contribution in [3.8, 4) is 11.8 Å². The molecule has 0 unspecified atom stereocenters. The third-order valence-electron chi connectivity index (χ3n) is 1.33. The Bertz CT molecular complexity index is 362. The van der Waals surface area contributed by atoms with E-state index in [4.69, 9.17) is 0 Å². The van der Waals surface area contributed by atoms with E-state index in [0.717, 1.165) is 0 Å². The van der Waals surface area contributed by atoms with Crippen LogP contribution in [0.15, 0.2) is 6.20 Å². The highest BCUT2D eigenvalue weighted by Crippen LogP contribution is 2.03. The van der Waals surface area contributed by atoms with Crippen molar-refractivity contribution in [2.75, 3.05) is 12.9 Å². The number of thiol groups is 1. The maximum Gasteiger partial charge on any atom is 0.357 e. The lowest BCUT2D eigenvalue weighted by Crippen LogP contribution is -2.03. The number of H-pyrrole nitrogens is 1. The van der Waals surface area contributed by atoms with Gasteiger partial charge in [0, 0.05) is 0 Å². The Morgan fingerprint density at radius 2 is 2.62 bits per heavy atom. The summed E-state index contributed by atoms with van der Waals surface area (Å²) in [5.41, 5.74) is 0.803. The maximum atomic E-state index is 11.1. The Hall–Kier alpha value is -1.41. The first kappa shape index (κ1) is 9.68. The van der Waals surface area contributed by atoms with Gasteiger partial charge in [0.05, 0.1) is 24.6 Å². The molecule has 0 fully saturated rings. The van der Waals surface area contributed by atoms with Crippen LogP contribution in [0.2, 0.25) is 0 Å². The van der Waals surface area contributed by atoms with Crippen LogP contribution >= 0.6 is 12.6 Å². The van der Waals surface area contributed by atoms with E-state index in [1.165, 1.54) is 13.3 Å². The highest BCUT2D eigenvalue weighted by molar-refractivity contribution is 7.80. The molecule has 0 aromatic carbocycles. The Morgan fingerprint density at radius 1 is 1.85 bits per heavy atom. The maximum absolute atomic E-state index is 11.1. The predicted molar refractivity (Wildman–Crippen MR) is 50.7 cm³/mol. The molecule has 13 heavy (non-hydrogen) atoms. The number of nitrogens with zero attached hydrogens (tertiary/aromatic N) is 1. The molecule has 0 bridgehead atoms. The van der Waals surface area contributed by atoms with E-state index in [1.54, 1.807) is 0 Å². The summed E-state index contributed by atoms with van der Waals surface area (Å²) in [6.07, 6.45) is 1.47. The van der Waals surface area contributed by atoms with Crippen LogP contribution in [0.25, 0.3) is 0 Å². The number of rotatable bonds is 1. The number of esters is 1. The zero-order valence-corrected chi connectivity index (χ0v) is 7.89. The number of methoxy groups -OCH3 is 1. The zero-order chi connectivity index (χ0) is 9.68. The fourth-order valence-corrected chi connectivity index (χ4v) is 0.852. The number of hydrogen-bond acceptors (Lipinski definition) is 4. The summed E-state index contributed by atoms with van der Waals surface area (Å²) in [5, 5.41) is 6.20. The lowest BCUT2D eigenvalue weighted by molar-refractivity contribution is 0.0593. The standard InChI is InChI=1S/C8H8N2O2S/c1-12-8(11)7-6(3-2-4-13)5-9-10-7/h5,13H,4H2,1H3,(H,9,10). The first-order chi connectivity index (χ1) is 6.29. The van der Waals surface area contributed by atoms with Gasteiger partial charge in [0.1, 0.15) is 0 Å². The first-order valence-electron chi connectivity index (χ1n) is 3.51. The SMILES string of the molecule is COC(=O)c1[nH]ncc1C#CCS. The summed E-state index contributed by atoms with van der Waals surface area (Å²) >= 11 is 3.92. The number of aromatic amines is 1. The molecule has 0 aliphatic heterocycles. The Balaban J connectivity index is 2.96. The van der Waals surface area contributed by atoms with Crippen molar-refractivity contribution in [2.45, 2.75) is 0 Å². The molecule has 1 rings (SSSR count). The van der Waals surface area contributed by atoms with Crippen LogP contribution < -0.4 is 0 Å². The number of hydrogen-bond donors (Lipinski definition) is 2. The molecule has 0 saturated carbocycles. The first-order valence-corrected chi connectivity index (χ1v) is 4.14. The van der Waals surface area contributed by atoms with Crippen LogP contribution in [0.1, 0.15) is 16.1 Å². The summed E-state index contributed by atoms with van der Waals surface area (Å²) in [7, 11) is 1.30. The van der Waals surface area contributed by atoms with Crippen molar-refractivity contribution in [1.82, 2.24) is 10.2 Å². The van der Waals surface area contributed by atoms with E-state index in [1.807, 2.05) is 0 Å². The molecule has 1 heterocycles. The molecular formula is C8H8N2O2S. The summed E-state index contributed by atoms with van der Waals surface area (Å²) < 4.78 is 4.52. The van der Waals surface area contributed by atoms with Gasteiger partial charge in [-0.05, 0) is 0 Å². The van der Waals surface area contributed by atoms with Gasteiger partial charge in [0.25, 0.3) is 0 Å². The number of carbonyl (C=O) groups is 1. The van der Waals surface area contributed by atoms with Crippen LogP contribution in [0.5, 0.6) is 0 Å². The molecule has 1 N–H and O–H groups in total. The minimum absolute atomic E-state index is 0.275. The van der Waals surface area contributed by atoms with Crippen molar-refractivity contribution >= 4 is 18.6 Å². The molecular weight excluding hydrogens is 188 g/mol. The average Bonchev–Trinajstić information content (AvgIpc) is 2.61. The van der Waals surface area contributed by atoms with E-state index in [-0.39, 0.29) is 5.69 Å².